The van der Waals surface area contributed by atoms with Gasteiger partial charge in [-0.05, 0) is 72.5 Å². The van der Waals surface area contributed by atoms with Gasteiger partial charge in [0, 0.05) is 11.1 Å². The van der Waals surface area contributed by atoms with E-state index in [1.165, 1.54) is 0 Å². The zero-order chi connectivity index (χ0) is 29.4. The summed E-state index contributed by atoms with van der Waals surface area (Å²) < 4.78 is 16.7. The molecule has 5 aromatic rings. The summed E-state index contributed by atoms with van der Waals surface area (Å²) in [7, 11) is 3.12. The Bertz CT molecular complexity index is 1760. The molecule has 0 bridgehead atoms. The van der Waals surface area contributed by atoms with Crippen LogP contribution in [0.2, 0.25) is 0 Å². The number of amidine groups is 1. The molecule has 0 N–H and O–H groups in total. The molecule has 0 fully saturated rings. The maximum atomic E-state index is 6.15. The van der Waals surface area contributed by atoms with Crippen molar-refractivity contribution in [3.05, 3.63) is 138 Å². The molecule has 1 aliphatic heterocycles. The maximum absolute atomic E-state index is 6.15. The maximum Gasteiger partial charge on any atom is 0.220 e. The highest BCUT2D eigenvalue weighted by molar-refractivity contribution is 6.14. The molecule has 0 radical (unpaired) electrons. The molecule has 0 amide bonds. The molecule has 7 heteroatoms. The number of methoxy groups -OCH3 is 2. The lowest BCUT2D eigenvalue weighted by molar-refractivity contribution is 0.372. The molecule has 0 atom stereocenters. The zero-order valence-electron chi connectivity index (χ0n) is 24.0. The van der Waals surface area contributed by atoms with Crippen LogP contribution in [0.3, 0.4) is 0 Å². The number of hydrogen-bond acceptors (Lipinski definition) is 7. The van der Waals surface area contributed by atoms with Crippen LogP contribution in [0.4, 0.5) is 0 Å². The largest absolute Gasteiger partial charge is 0.481 e. The molecule has 1 aromatic heterocycles. The Morgan fingerprint density at radius 3 is 1.70 bits per heavy atom. The molecule has 7 nitrogen and oxygen atoms in total. The second-order valence-corrected chi connectivity index (χ2v) is 9.78. The van der Waals surface area contributed by atoms with Gasteiger partial charge >= 0.3 is 0 Å². The molecule has 43 heavy (non-hydrogen) atoms. The van der Waals surface area contributed by atoms with E-state index in [1.807, 2.05) is 84.9 Å². The number of ether oxygens (including phenoxy) is 3. The average Bonchev–Trinajstić information content (AvgIpc) is 3.06. The Hall–Kier alpha value is -5.56. The van der Waals surface area contributed by atoms with Gasteiger partial charge in [0.05, 0.1) is 31.7 Å². The average molecular weight is 567 g/mol. The molecule has 0 unspecified atom stereocenters. The Balaban J connectivity index is 1.26. The van der Waals surface area contributed by atoms with Crippen LogP contribution in [0.15, 0.2) is 131 Å². The smallest absolute Gasteiger partial charge is 0.220 e. The Labute approximate surface area is 250 Å². The molecule has 212 valence electrons. The number of rotatable bonds is 8. The van der Waals surface area contributed by atoms with Gasteiger partial charge in [-0.25, -0.2) is 9.98 Å². The summed E-state index contributed by atoms with van der Waals surface area (Å²) in [6.45, 7) is 0. The van der Waals surface area contributed by atoms with Crippen molar-refractivity contribution in [2.75, 3.05) is 14.2 Å². The molecular formula is C36H30N4O3. The van der Waals surface area contributed by atoms with Crippen molar-refractivity contribution in [2.24, 2.45) is 9.98 Å². The minimum absolute atomic E-state index is 0.433. The molecule has 2 heterocycles. The highest BCUT2D eigenvalue weighted by Gasteiger charge is 2.13. The first kappa shape index (κ1) is 27.6. The first-order chi connectivity index (χ1) is 21.2. The van der Waals surface area contributed by atoms with Crippen LogP contribution < -0.4 is 14.2 Å². The third-order valence-corrected chi connectivity index (χ3v) is 6.92. The standard InChI is InChI=1S/C36H30N4O3/c1-41-33-24-34(42-2)40-36(39-33)28-18-22-30(23-19-28)43-29-20-16-27(17-21-29)35-37-31(25-10-5-3-6-11-25)14-9-15-32(38-35)26-12-7-4-8-13-26/h3-8,10-14,16-24H,9,15H2,1-2H3/b31-14-,37-35-,38-32+. The highest BCUT2D eigenvalue weighted by atomic mass is 16.5. The van der Waals surface area contributed by atoms with Gasteiger partial charge in [0.1, 0.15) is 11.5 Å². The fraction of sp³-hybridized carbons (Fsp3) is 0.111. The lowest BCUT2D eigenvalue weighted by atomic mass is 10.0. The molecule has 0 aliphatic carbocycles. The molecule has 0 saturated heterocycles. The van der Waals surface area contributed by atoms with E-state index < -0.39 is 0 Å². The van der Waals surface area contributed by atoms with Crippen molar-refractivity contribution in [3.63, 3.8) is 0 Å². The van der Waals surface area contributed by atoms with Gasteiger partial charge in [-0.1, -0.05) is 66.7 Å². The lowest BCUT2D eigenvalue weighted by Gasteiger charge is -2.13. The van der Waals surface area contributed by atoms with Gasteiger partial charge in [-0.3, -0.25) is 0 Å². The van der Waals surface area contributed by atoms with Crippen LogP contribution in [0.1, 0.15) is 29.5 Å². The first-order valence-electron chi connectivity index (χ1n) is 14.0. The fourth-order valence-corrected chi connectivity index (χ4v) is 4.70. The predicted octanol–water partition coefficient (Wildman–Crippen LogP) is 8.02. The second-order valence-electron chi connectivity index (χ2n) is 9.78. The third-order valence-electron chi connectivity index (χ3n) is 6.92. The molecule has 0 spiro atoms. The van der Waals surface area contributed by atoms with E-state index in [2.05, 4.69) is 40.3 Å². The molecule has 1 aliphatic rings. The quantitative estimate of drug-likeness (QED) is 0.190. The van der Waals surface area contributed by atoms with Crippen molar-refractivity contribution in [2.45, 2.75) is 12.8 Å². The highest BCUT2D eigenvalue weighted by Crippen LogP contribution is 2.28. The van der Waals surface area contributed by atoms with Crippen molar-refractivity contribution < 1.29 is 14.2 Å². The van der Waals surface area contributed by atoms with Gasteiger partial charge in [0.25, 0.3) is 0 Å². The van der Waals surface area contributed by atoms with E-state index in [9.17, 15) is 0 Å². The molecule has 4 aromatic carbocycles. The second kappa shape index (κ2) is 13.0. The van der Waals surface area contributed by atoms with Crippen LogP contribution in [-0.2, 0) is 0 Å². The van der Waals surface area contributed by atoms with E-state index in [1.54, 1.807) is 20.3 Å². The van der Waals surface area contributed by atoms with E-state index in [-0.39, 0.29) is 0 Å². The van der Waals surface area contributed by atoms with Crippen LogP contribution in [0, 0.1) is 0 Å². The molecule has 6 rings (SSSR count). The van der Waals surface area contributed by atoms with Crippen LogP contribution in [-0.4, -0.2) is 35.7 Å². The van der Waals surface area contributed by atoms with E-state index in [0.29, 0.717) is 34.9 Å². The van der Waals surface area contributed by atoms with Gasteiger partial charge in [-0.2, -0.15) is 9.97 Å². The Kier molecular flexibility index (Phi) is 8.32. The SMILES string of the molecule is COc1cc(OC)nc(-c2ccc(Oc3ccc(C4=N/C(c5ccccc5)=C\CC/C(c5ccccc5)=N\4)cc3)cc2)n1. The lowest BCUT2D eigenvalue weighted by Crippen LogP contribution is -2.09. The number of nitrogens with zero attached hydrogens (tertiary/aromatic N) is 4. The summed E-state index contributed by atoms with van der Waals surface area (Å²) in [4.78, 5) is 19.0. The third kappa shape index (κ3) is 6.68. The number of aliphatic imine (C=N–C) groups is 2. The minimum Gasteiger partial charge on any atom is -0.481 e. The van der Waals surface area contributed by atoms with E-state index in [0.717, 1.165) is 46.5 Å². The van der Waals surface area contributed by atoms with Gasteiger partial charge in [0.2, 0.25) is 11.8 Å². The van der Waals surface area contributed by atoms with Crippen LogP contribution in [0.25, 0.3) is 17.1 Å². The molecule has 0 saturated carbocycles. The summed E-state index contributed by atoms with van der Waals surface area (Å²) in [5.74, 6) is 3.43. The normalized spacial score (nSPS) is 16.7. The summed E-state index contributed by atoms with van der Waals surface area (Å²) >= 11 is 0. The summed E-state index contributed by atoms with van der Waals surface area (Å²) in [5, 5.41) is 0. The topological polar surface area (TPSA) is 78.2 Å². The van der Waals surface area contributed by atoms with E-state index in [4.69, 9.17) is 24.2 Å². The first-order valence-corrected chi connectivity index (χ1v) is 14.0. The predicted molar refractivity (Wildman–Crippen MR) is 170 cm³/mol. The van der Waals surface area contributed by atoms with Crippen molar-refractivity contribution >= 4 is 17.2 Å². The minimum atomic E-state index is 0.433. The van der Waals surface area contributed by atoms with Gasteiger partial charge in [0.15, 0.2) is 11.7 Å². The van der Waals surface area contributed by atoms with Crippen molar-refractivity contribution in [3.8, 4) is 34.6 Å². The van der Waals surface area contributed by atoms with Crippen LogP contribution in [0.5, 0.6) is 23.3 Å². The summed E-state index contributed by atoms with van der Waals surface area (Å²) in [5.41, 5.74) is 5.83. The fourth-order valence-electron chi connectivity index (χ4n) is 4.70. The number of allylic oxidation sites excluding steroid dienone is 1. The number of hydrogen-bond donors (Lipinski definition) is 0. The number of aromatic nitrogens is 2. The van der Waals surface area contributed by atoms with E-state index >= 15 is 0 Å². The van der Waals surface area contributed by atoms with Crippen LogP contribution >= 0.6 is 0 Å². The summed E-state index contributed by atoms with van der Waals surface area (Å²) in [6, 6.07) is 37.6. The van der Waals surface area contributed by atoms with Crippen molar-refractivity contribution in [1.82, 2.24) is 9.97 Å². The van der Waals surface area contributed by atoms with Gasteiger partial charge < -0.3 is 14.2 Å². The monoisotopic (exact) mass is 566 g/mol. The van der Waals surface area contributed by atoms with Gasteiger partial charge in [-0.15, -0.1) is 0 Å². The Morgan fingerprint density at radius 1 is 0.558 bits per heavy atom. The Morgan fingerprint density at radius 2 is 1.12 bits per heavy atom. The molecular weight excluding hydrogens is 536 g/mol. The summed E-state index contributed by atoms with van der Waals surface area (Å²) in [6.07, 6.45) is 3.88. The van der Waals surface area contributed by atoms with Crippen molar-refractivity contribution in [1.29, 1.82) is 0 Å². The number of benzene rings is 4. The zero-order valence-corrected chi connectivity index (χ0v) is 24.0.